The Bertz CT molecular complexity index is 521. The molecule has 1 aromatic rings. The van der Waals surface area contributed by atoms with E-state index in [1.165, 1.54) is 0 Å². The first-order valence-corrected chi connectivity index (χ1v) is 7.33. The number of nitrogens with zero attached hydrogens (tertiary/aromatic N) is 4. The van der Waals surface area contributed by atoms with Crippen LogP contribution in [0.3, 0.4) is 0 Å². The Hall–Kier alpha value is -1.85. The van der Waals surface area contributed by atoms with E-state index in [0.29, 0.717) is 11.7 Å². The van der Waals surface area contributed by atoms with E-state index < -0.39 is 0 Å². The monoisotopic (exact) mass is 271 g/mol. The summed E-state index contributed by atoms with van der Waals surface area (Å²) in [6, 6.07) is 4.61. The van der Waals surface area contributed by atoms with Gasteiger partial charge < -0.3 is 4.57 Å². The number of rotatable bonds is 6. The molecule has 0 spiro atoms. The number of imidazole rings is 1. The van der Waals surface area contributed by atoms with Crippen LogP contribution in [0.4, 0.5) is 0 Å². The lowest BCUT2D eigenvalue weighted by atomic mass is 9.85. The van der Waals surface area contributed by atoms with Gasteiger partial charge in [0.15, 0.2) is 0 Å². The molecule has 0 saturated heterocycles. The highest BCUT2D eigenvalue weighted by Crippen LogP contribution is 2.37. The summed E-state index contributed by atoms with van der Waals surface area (Å²) in [7, 11) is 0. The van der Waals surface area contributed by atoms with Crippen molar-refractivity contribution in [1.29, 1.82) is 10.5 Å². The molecule has 0 aliphatic heterocycles. The highest BCUT2D eigenvalue weighted by molar-refractivity contribution is 5.15. The highest BCUT2D eigenvalue weighted by atomic mass is 15.1. The Morgan fingerprint density at radius 2 is 2.40 bits per heavy atom. The number of aromatic nitrogens is 2. The minimum atomic E-state index is -0.372. The van der Waals surface area contributed by atoms with E-state index in [-0.39, 0.29) is 5.54 Å². The highest BCUT2D eigenvalue weighted by Gasteiger charge is 2.42. The SMILES string of the molecule is CCCNC1(C#N)CCCC1CCn1ccnc1C#N. The Kier molecular flexibility index (Phi) is 4.76. The Morgan fingerprint density at radius 3 is 3.10 bits per heavy atom. The second-order valence-electron chi connectivity index (χ2n) is 5.44. The zero-order chi connectivity index (χ0) is 14.4. The van der Waals surface area contributed by atoms with Crippen molar-refractivity contribution in [2.45, 2.75) is 51.1 Å². The quantitative estimate of drug-likeness (QED) is 0.860. The van der Waals surface area contributed by atoms with Gasteiger partial charge in [-0.25, -0.2) is 4.98 Å². The van der Waals surface area contributed by atoms with E-state index in [4.69, 9.17) is 5.26 Å². The van der Waals surface area contributed by atoms with Crippen molar-refractivity contribution in [3.63, 3.8) is 0 Å². The molecule has 1 aliphatic carbocycles. The summed E-state index contributed by atoms with van der Waals surface area (Å²) >= 11 is 0. The van der Waals surface area contributed by atoms with E-state index >= 15 is 0 Å². The molecule has 1 heterocycles. The first-order valence-electron chi connectivity index (χ1n) is 7.33. The van der Waals surface area contributed by atoms with Crippen molar-refractivity contribution in [3.8, 4) is 12.1 Å². The smallest absolute Gasteiger partial charge is 0.212 e. The molecule has 5 nitrogen and oxygen atoms in total. The zero-order valence-corrected chi connectivity index (χ0v) is 12.0. The largest absolute Gasteiger partial charge is 0.323 e. The molecule has 2 unspecified atom stereocenters. The fourth-order valence-corrected chi connectivity index (χ4v) is 3.13. The van der Waals surface area contributed by atoms with Gasteiger partial charge in [-0.1, -0.05) is 13.3 Å². The summed E-state index contributed by atoms with van der Waals surface area (Å²) < 4.78 is 1.88. The zero-order valence-electron chi connectivity index (χ0n) is 12.0. The van der Waals surface area contributed by atoms with E-state index in [9.17, 15) is 5.26 Å². The number of nitriles is 2. The topological polar surface area (TPSA) is 77.4 Å². The summed E-state index contributed by atoms with van der Waals surface area (Å²) in [5, 5.41) is 22.0. The van der Waals surface area contributed by atoms with E-state index in [1.807, 2.05) is 10.8 Å². The van der Waals surface area contributed by atoms with Crippen LogP contribution in [0.5, 0.6) is 0 Å². The molecule has 1 N–H and O–H groups in total. The van der Waals surface area contributed by atoms with E-state index in [1.54, 1.807) is 6.20 Å². The predicted molar refractivity (Wildman–Crippen MR) is 75.5 cm³/mol. The third-order valence-electron chi connectivity index (χ3n) is 4.24. The van der Waals surface area contributed by atoms with Crippen molar-refractivity contribution in [3.05, 3.63) is 18.2 Å². The van der Waals surface area contributed by atoms with E-state index in [2.05, 4.69) is 29.4 Å². The molecule has 2 rings (SSSR count). The Labute approximate surface area is 120 Å². The normalized spacial score (nSPS) is 25.2. The van der Waals surface area contributed by atoms with Crippen LogP contribution in [0.1, 0.15) is 44.9 Å². The Morgan fingerprint density at radius 1 is 1.55 bits per heavy atom. The van der Waals surface area contributed by atoms with Gasteiger partial charge in [-0.15, -0.1) is 0 Å². The standard InChI is InChI=1S/C15H21N5/c1-2-7-19-15(12-17)6-3-4-13(15)5-9-20-10-8-18-14(20)11-16/h8,10,13,19H,2-7,9H2,1H3. The molecule has 0 bridgehead atoms. The van der Waals surface area contributed by atoms with Crippen LogP contribution < -0.4 is 5.32 Å². The summed E-state index contributed by atoms with van der Waals surface area (Å²) in [6.45, 7) is 3.76. The molecule has 1 aromatic heterocycles. The molecule has 2 atom stereocenters. The summed E-state index contributed by atoms with van der Waals surface area (Å²) in [4.78, 5) is 4.01. The first-order chi connectivity index (χ1) is 9.75. The van der Waals surface area contributed by atoms with Gasteiger partial charge in [-0.2, -0.15) is 10.5 Å². The Balaban J connectivity index is 2.01. The average Bonchev–Trinajstić information content (AvgIpc) is 3.09. The predicted octanol–water partition coefficient (Wildman–Crippen LogP) is 2.21. The van der Waals surface area contributed by atoms with Gasteiger partial charge >= 0.3 is 0 Å². The van der Waals surface area contributed by atoms with Gasteiger partial charge in [0.25, 0.3) is 0 Å². The first kappa shape index (κ1) is 14.6. The van der Waals surface area contributed by atoms with Gasteiger partial charge in [-0.3, -0.25) is 5.32 Å². The lowest BCUT2D eigenvalue weighted by Crippen LogP contribution is -2.47. The fraction of sp³-hybridized carbons (Fsp3) is 0.667. The summed E-state index contributed by atoms with van der Waals surface area (Å²) in [6.07, 6.45) is 8.56. The van der Waals surface area contributed by atoms with Crippen LogP contribution in [0.15, 0.2) is 12.4 Å². The van der Waals surface area contributed by atoms with Gasteiger partial charge in [0, 0.05) is 18.9 Å². The van der Waals surface area contributed by atoms with E-state index in [0.717, 1.165) is 45.2 Å². The average molecular weight is 271 g/mol. The molecular formula is C15H21N5. The van der Waals surface area contributed by atoms with Crippen molar-refractivity contribution in [1.82, 2.24) is 14.9 Å². The summed E-state index contributed by atoms with van der Waals surface area (Å²) in [5.74, 6) is 0.806. The van der Waals surface area contributed by atoms with Gasteiger partial charge in [0.05, 0.1) is 6.07 Å². The minimum absolute atomic E-state index is 0.355. The van der Waals surface area contributed by atoms with Crippen molar-refractivity contribution < 1.29 is 0 Å². The number of nitrogens with one attached hydrogen (secondary N) is 1. The maximum atomic E-state index is 9.59. The molecule has 0 aromatic carbocycles. The van der Waals surface area contributed by atoms with Crippen LogP contribution in [-0.2, 0) is 6.54 Å². The molecule has 20 heavy (non-hydrogen) atoms. The molecule has 1 fully saturated rings. The number of hydrogen-bond donors (Lipinski definition) is 1. The fourth-order valence-electron chi connectivity index (χ4n) is 3.13. The number of hydrogen-bond acceptors (Lipinski definition) is 4. The second-order valence-corrected chi connectivity index (χ2v) is 5.44. The third-order valence-corrected chi connectivity index (χ3v) is 4.24. The summed E-state index contributed by atoms with van der Waals surface area (Å²) in [5.41, 5.74) is -0.372. The third kappa shape index (κ3) is 2.84. The van der Waals surface area contributed by atoms with Crippen LogP contribution in [0, 0.1) is 28.6 Å². The maximum absolute atomic E-state index is 9.59. The molecule has 106 valence electrons. The van der Waals surface area contributed by atoms with Gasteiger partial charge in [0.2, 0.25) is 5.82 Å². The van der Waals surface area contributed by atoms with Crippen molar-refractivity contribution >= 4 is 0 Å². The lowest BCUT2D eigenvalue weighted by Gasteiger charge is -2.30. The van der Waals surface area contributed by atoms with Crippen LogP contribution >= 0.6 is 0 Å². The molecule has 1 aliphatic rings. The molecule has 5 heteroatoms. The van der Waals surface area contributed by atoms with Gasteiger partial charge in [0.1, 0.15) is 11.6 Å². The van der Waals surface area contributed by atoms with Crippen molar-refractivity contribution in [2.75, 3.05) is 6.54 Å². The van der Waals surface area contributed by atoms with Crippen LogP contribution in [0.2, 0.25) is 0 Å². The lowest BCUT2D eigenvalue weighted by molar-refractivity contribution is 0.290. The van der Waals surface area contributed by atoms with Crippen LogP contribution in [-0.4, -0.2) is 21.6 Å². The van der Waals surface area contributed by atoms with Crippen LogP contribution in [0.25, 0.3) is 0 Å². The molecule has 0 amide bonds. The minimum Gasteiger partial charge on any atom is -0.323 e. The van der Waals surface area contributed by atoms with Crippen molar-refractivity contribution in [2.24, 2.45) is 5.92 Å². The van der Waals surface area contributed by atoms with Gasteiger partial charge in [-0.05, 0) is 38.1 Å². The molecule has 1 saturated carbocycles. The molecule has 0 radical (unpaired) electrons. The second kappa shape index (κ2) is 6.54. The maximum Gasteiger partial charge on any atom is 0.212 e. The molecular weight excluding hydrogens is 250 g/mol. The number of aryl methyl sites for hydroxylation is 1.